The van der Waals surface area contributed by atoms with Crippen molar-refractivity contribution in [3.63, 3.8) is 0 Å². The van der Waals surface area contributed by atoms with Gasteiger partial charge in [0.1, 0.15) is 6.04 Å². The Bertz CT molecular complexity index is 320. The molecule has 0 aromatic rings. The normalized spacial score (nSPS) is 24.3. The van der Waals surface area contributed by atoms with Crippen LogP contribution in [0.25, 0.3) is 0 Å². The number of carbonyl (C=O) groups is 2. The molecule has 0 radical (unpaired) electrons. The summed E-state index contributed by atoms with van der Waals surface area (Å²) in [4.78, 5) is 24.9. The van der Waals surface area contributed by atoms with Crippen LogP contribution in [0.3, 0.4) is 0 Å². The maximum atomic E-state index is 12.5. The van der Waals surface area contributed by atoms with Gasteiger partial charge in [-0.1, -0.05) is 13.8 Å². The number of hydrogen-bond donors (Lipinski definition) is 3. The molecule has 0 aromatic heterocycles. The molecule has 1 rings (SSSR count). The van der Waals surface area contributed by atoms with Crippen molar-refractivity contribution in [3.05, 3.63) is 0 Å². The van der Waals surface area contributed by atoms with Gasteiger partial charge in [0.05, 0.1) is 11.5 Å². The Morgan fingerprint density at radius 3 is 2.33 bits per heavy atom. The van der Waals surface area contributed by atoms with Gasteiger partial charge in [-0.25, -0.2) is 4.79 Å². The van der Waals surface area contributed by atoms with Gasteiger partial charge in [0.15, 0.2) is 0 Å². The molecule has 0 unspecified atom stereocenters. The zero-order valence-corrected chi connectivity index (χ0v) is 10.9. The SMILES string of the molecule is CCC(CC)(CN)C(=O)N1C[C@H](O)C[C@@H]1C(=O)O. The van der Waals surface area contributed by atoms with Gasteiger partial charge in [0, 0.05) is 19.5 Å². The molecular formula is C12H22N2O4. The molecule has 1 aliphatic rings. The number of β-amino-alcohol motifs (C(OH)–C–C–N with tert-alkyl or cyclic N) is 1. The number of hydrogen-bond acceptors (Lipinski definition) is 4. The van der Waals surface area contributed by atoms with Gasteiger partial charge >= 0.3 is 5.97 Å². The zero-order chi connectivity index (χ0) is 13.9. The van der Waals surface area contributed by atoms with Crippen LogP contribution in [0.1, 0.15) is 33.1 Å². The highest BCUT2D eigenvalue weighted by Gasteiger charge is 2.45. The van der Waals surface area contributed by atoms with Crippen LogP contribution in [-0.2, 0) is 9.59 Å². The Balaban J connectivity index is 2.97. The van der Waals surface area contributed by atoms with Crippen molar-refractivity contribution in [1.29, 1.82) is 0 Å². The van der Waals surface area contributed by atoms with Crippen LogP contribution < -0.4 is 5.73 Å². The lowest BCUT2D eigenvalue weighted by atomic mass is 9.80. The van der Waals surface area contributed by atoms with Gasteiger partial charge in [-0.05, 0) is 12.8 Å². The van der Waals surface area contributed by atoms with Gasteiger partial charge in [-0.15, -0.1) is 0 Å². The van der Waals surface area contributed by atoms with E-state index in [9.17, 15) is 14.7 Å². The van der Waals surface area contributed by atoms with E-state index in [4.69, 9.17) is 10.8 Å². The quantitative estimate of drug-likeness (QED) is 0.633. The van der Waals surface area contributed by atoms with Crippen molar-refractivity contribution in [2.24, 2.45) is 11.1 Å². The number of rotatable bonds is 5. The number of aliphatic hydroxyl groups excluding tert-OH is 1. The van der Waals surface area contributed by atoms with E-state index in [1.807, 2.05) is 13.8 Å². The van der Waals surface area contributed by atoms with Gasteiger partial charge < -0.3 is 20.8 Å². The Kier molecular flexibility index (Phi) is 4.70. The summed E-state index contributed by atoms with van der Waals surface area (Å²) in [6.07, 6.45) is 0.462. The van der Waals surface area contributed by atoms with E-state index < -0.39 is 23.5 Å². The number of likely N-dealkylation sites (tertiary alicyclic amines) is 1. The highest BCUT2D eigenvalue weighted by molar-refractivity contribution is 5.88. The first-order valence-corrected chi connectivity index (χ1v) is 6.33. The minimum atomic E-state index is -1.07. The largest absolute Gasteiger partial charge is 0.480 e. The van der Waals surface area contributed by atoms with Crippen molar-refractivity contribution in [1.82, 2.24) is 4.90 Å². The second-order valence-corrected chi connectivity index (χ2v) is 4.89. The average Bonchev–Trinajstić information content (AvgIpc) is 2.74. The molecule has 1 fully saturated rings. The van der Waals surface area contributed by atoms with Crippen molar-refractivity contribution < 1.29 is 19.8 Å². The highest BCUT2D eigenvalue weighted by Crippen LogP contribution is 2.31. The Labute approximate surface area is 107 Å². The fourth-order valence-electron chi connectivity index (χ4n) is 2.51. The molecule has 104 valence electrons. The number of aliphatic carboxylic acids is 1. The summed E-state index contributed by atoms with van der Waals surface area (Å²) in [5, 5.41) is 18.7. The lowest BCUT2D eigenvalue weighted by Gasteiger charge is -2.34. The van der Waals surface area contributed by atoms with Crippen molar-refractivity contribution in [3.8, 4) is 0 Å². The topological polar surface area (TPSA) is 104 Å². The summed E-state index contributed by atoms with van der Waals surface area (Å²) in [6.45, 7) is 4.02. The number of amides is 1. The Morgan fingerprint density at radius 1 is 1.39 bits per heavy atom. The molecule has 0 spiro atoms. The monoisotopic (exact) mass is 258 g/mol. The lowest BCUT2D eigenvalue weighted by molar-refractivity contribution is -0.153. The van der Waals surface area contributed by atoms with Crippen molar-refractivity contribution >= 4 is 11.9 Å². The minimum absolute atomic E-state index is 0.0809. The summed E-state index contributed by atoms with van der Waals surface area (Å²) in [6, 6.07) is -0.934. The number of carbonyl (C=O) groups excluding carboxylic acids is 1. The molecule has 2 atom stereocenters. The molecule has 1 aliphatic heterocycles. The first kappa shape index (κ1) is 14.9. The van der Waals surface area contributed by atoms with E-state index in [0.29, 0.717) is 12.8 Å². The first-order valence-electron chi connectivity index (χ1n) is 6.33. The molecule has 0 saturated carbocycles. The van der Waals surface area contributed by atoms with Gasteiger partial charge in [0.2, 0.25) is 5.91 Å². The number of aliphatic hydroxyl groups is 1. The summed E-state index contributed by atoms with van der Waals surface area (Å²) < 4.78 is 0. The standard InChI is InChI=1S/C12H22N2O4/c1-3-12(4-2,7-13)11(18)14-6-8(15)5-9(14)10(16)17/h8-9,15H,3-7,13H2,1-2H3,(H,16,17)/t8-,9-/m1/s1. The fraction of sp³-hybridized carbons (Fsp3) is 0.833. The molecule has 6 heteroatoms. The van der Waals surface area contributed by atoms with Crippen LogP contribution in [-0.4, -0.2) is 52.2 Å². The number of carboxylic acids is 1. The molecule has 1 amide bonds. The van der Waals surface area contributed by atoms with E-state index in [-0.39, 0.29) is 25.4 Å². The molecule has 1 saturated heterocycles. The molecule has 1 heterocycles. The fourth-order valence-corrected chi connectivity index (χ4v) is 2.51. The molecule has 18 heavy (non-hydrogen) atoms. The Hall–Kier alpha value is -1.14. The summed E-state index contributed by atoms with van der Waals surface area (Å²) in [5.74, 6) is -1.32. The smallest absolute Gasteiger partial charge is 0.326 e. The van der Waals surface area contributed by atoms with E-state index in [2.05, 4.69) is 0 Å². The third-order valence-electron chi connectivity index (χ3n) is 4.02. The van der Waals surface area contributed by atoms with Crippen LogP contribution in [0.2, 0.25) is 0 Å². The van der Waals surface area contributed by atoms with E-state index in [0.717, 1.165) is 0 Å². The second-order valence-electron chi connectivity index (χ2n) is 4.89. The molecule has 0 aliphatic carbocycles. The lowest BCUT2D eigenvalue weighted by Crippen LogP contribution is -2.51. The zero-order valence-electron chi connectivity index (χ0n) is 10.9. The first-order chi connectivity index (χ1) is 8.41. The Morgan fingerprint density at radius 2 is 1.94 bits per heavy atom. The third kappa shape index (κ3) is 2.49. The van der Waals surface area contributed by atoms with E-state index >= 15 is 0 Å². The van der Waals surface area contributed by atoms with Crippen LogP contribution >= 0.6 is 0 Å². The maximum absolute atomic E-state index is 12.5. The van der Waals surface area contributed by atoms with Crippen LogP contribution in [0, 0.1) is 5.41 Å². The molecule has 4 N–H and O–H groups in total. The summed E-state index contributed by atoms with van der Waals surface area (Å²) in [7, 11) is 0. The summed E-state index contributed by atoms with van der Waals surface area (Å²) >= 11 is 0. The van der Waals surface area contributed by atoms with Gasteiger partial charge in [-0.2, -0.15) is 0 Å². The molecule has 0 aromatic carbocycles. The highest BCUT2D eigenvalue weighted by atomic mass is 16.4. The van der Waals surface area contributed by atoms with E-state index in [1.54, 1.807) is 0 Å². The van der Waals surface area contributed by atoms with E-state index in [1.165, 1.54) is 4.90 Å². The average molecular weight is 258 g/mol. The van der Waals surface area contributed by atoms with Gasteiger partial charge in [-0.3, -0.25) is 4.79 Å². The predicted molar refractivity (Wildman–Crippen MR) is 65.8 cm³/mol. The van der Waals surface area contributed by atoms with Crippen molar-refractivity contribution in [2.45, 2.75) is 45.3 Å². The van der Waals surface area contributed by atoms with Crippen molar-refractivity contribution in [2.75, 3.05) is 13.1 Å². The summed E-state index contributed by atoms with van der Waals surface area (Å²) in [5.41, 5.74) is 4.99. The molecule has 6 nitrogen and oxygen atoms in total. The third-order valence-corrected chi connectivity index (χ3v) is 4.02. The maximum Gasteiger partial charge on any atom is 0.326 e. The predicted octanol–water partition coefficient (Wildman–Crippen LogP) is -0.202. The van der Waals surface area contributed by atoms with Gasteiger partial charge in [0.25, 0.3) is 0 Å². The second kappa shape index (κ2) is 5.67. The molecular weight excluding hydrogens is 236 g/mol. The number of nitrogens with zero attached hydrogens (tertiary/aromatic N) is 1. The minimum Gasteiger partial charge on any atom is -0.480 e. The molecule has 0 bridgehead atoms. The van der Waals surface area contributed by atoms with Crippen LogP contribution in [0.15, 0.2) is 0 Å². The number of carboxylic acid groups (broad SMARTS) is 1. The van der Waals surface area contributed by atoms with Crippen LogP contribution in [0.4, 0.5) is 0 Å². The van der Waals surface area contributed by atoms with Crippen LogP contribution in [0.5, 0.6) is 0 Å². The number of nitrogens with two attached hydrogens (primary N) is 1.